The number of hydrogen-bond donors (Lipinski definition) is 5. The summed E-state index contributed by atoms with van der Waals surface area (Å²) in [6.07, 6.45) is 3.73. The van der Waals surface area contributed by atoms with E-state index in [4.69, 9.17) is 14.6 Å². The van der Waals surface area contributed by atoms with Gasteiger partial charge in [-0.25, -0.2) is 14.4 Å². The number of rotatable bonds is 12. The first-order valence-electron chi connectivity index (χ1n) is 14.7. The van der Waals surface area contributed by atoms with Crippen LogP contribution >= 0.6 is 0 Å². The fourth-order valence-electron chi connectivity index (χ4n) is 3.93. The number of carbonyl (C=O) groups is 6. The maximum absolute atomic E-state index is 12.0. The van der Waals surface area contributed by atoms with Crippen molar-refractivity contribution in [1.82, 2.24) is 16.0 Å². The van der Waals surface area contributed by atoms with Crippen molar-refractivity contribution in [3.8, 4) is 5.75 Å². The normalized spacial score (nSPS) is 16.3. The zero-order chi connectivity index (χ0) is 33.7. The largest absolute Gasteiger partial charge is 0.497 e. The zero-order valence-electron chi connectivity index (χ0n) is 26.7. The summed E-state index contributed by atoms with van der Waals surface area (Å²) in [5.41, 5.74) is -1.33. The van der Waals surface area contributed by atoms with E-state index in [2.05, 4.69) is 16.0 Å². The number of hydrogen-bond acceptors (Lipinski definition) is 8. The lowest BCUT2D eigenvalue weighted by molar-refractivity contribution is -0.142. The molecule has 0 aromatic heterocycles. The predicted molar refractivity (Wildman–Crippen MR) is 161 cm³/mol. The average molecular weight is 622 g/mol. The second-order valence-electron chi connectivity index (χ2n) is 11.9. The van der Waals surface area contributed by atoms with Crippen molar-refractivity contribution in [1.29, 1.82) is 0 Å². The number of methoxy groups -OCH3 is 1. The number of carbonyl (C=O) groups excluding carboxylic acids is 4. The summed E-state index contributed by atoms with van der Waals surface area (Å²) in [4.78, 5) is 69.6. The molecular weight excluding hydrogens is 574 g/mol. The Hall–Kier alpha value is -4.16. The summed E-state index contributed by atoms with van der Waals surface area (Å²) >= 11 is 0. The number of aliphatic carboxylic acids is 1. The van der Waals surface area contributed by atoms with Crippen molar-refractivity contribution >= 4 is 35.8 Å². The van der Waals surface area contributed by atoms with Crippen LogP contribution in [-0.4, -0.2) is 72.3 Å². The molecule has 4 amide bonds. The molecule has 0 saturated heterocycles. The second-order valence-corrected chi connectivity index (χ2v) is 11.9. The molecule has 0 atom stereocenters. The van der Waals surface area contributed by atoms with Gasteiger partial charge in [0.25, 0.3) is 0 Å². The molecule has 1 aromatic carbocycles. The van der Waals surface area contributed by atoms with Crippen LogP contribution in [-0.2, 0) is 19.1 Å². The first kappa shape index (κ1) is 37.9. The van der Waals surface area contributed by atoms with E-state index in [0.717, 1.165) is 0 Å². The average Bonchev–Trinajstić information content (AvgIpc) is 2.99. The number of aromatic carboxylic acids is 1. The molecule has 1 aliphatic rings. The highest BCUT2D eigenvalue weighted by Crippen LogP contribution is 2.25. The lowest BCUT2D eigenvalue weighted by Crippen LogP contribution is -2.49. The molecule has 0 heterocycles. The highest BCUT2D eigenvalue weighted by Gasteiger charge is 2.30. The van der Waals surface area contributed by atoms with Crippen molar-refractivity contribution in [2.24, 2.45) is 16.7 Å². The summed E-state index contributed by atoms with van der Waals surface area (Å²) in [7, 11) is 1.40. The van der Waals surface area contributed by atoms with Crippen LogP contribution < -0.4 is 20.7 Å². The molecule has 0 bridgehead atoms. The van der Waals surface area contributed by atoms with Gasteiger partial charge >= 0.3 is 23.9 Å². The lowest BCUT2D eigenvalue weighted by Gasteiger charge is -2.27. The van der Waals surface area contributed by atoms with Gasteiger partial charge in [0.15, 0.2) is 0 Å². The Labute approximate surface area is 258 Å². The van der Waals surface area contributed by atoms with Crippen LogP contribution in [0.5, 0.6) is 5.75 Å². The molecule has 2 rings (SSSR count). The van der Waals surface area contributed by atoms with E-state index in [0.29, 0.717) is 44.3 Å². The molecule has 0 spiro atoms. The Morgan fingerprint density at radius 2 is 1.43 bits per heavy atom. The van der Waals surface area contributed by atoms with E-state index in [1.807, 2.05) is 27.7 Å². The molecule has 44 heavy (non-hydrogen) atoms. The van der Waals surface area contributed by atoms with Gasteiger partial charge < -0.3 is 30.3 Å². The number of esters is 1. The summed E-state index contributed by atoms with van der Waals surface area (Å²) in [5.74, 6) is -3.19. The molecule has 1 aromatic rings. The molecule has 0 radical (unpaired) electrons. The Kier molecular flexibility index (Phi) is 14.8. The minimum atomic E-state index is -1.25. The zero-order valence-corrected chi connectivity index (χ0v) is 26.7. The fourth-order valence-corrected chi connectivity index (χ4v) is 3.93. The maximum Gasteiger partial charge on any atom is 0.339 e. The number of imide groups is 1. The smallest absolute Gasteiger partial charge is 0.339 e. The van der Waals surface area contributed by atoms with E-state index in [9.17, 15) is 33.9 Å². The first-order chi connectivity index (χ1) is 20.5. The van der Waals surface area contributed by atoms with Gasteiger partial charge in [0.05, 0.1) is 30.7 Å². The number of carboxylic acid groups (broad SMARTS) is 2. The molecule has 0 unspecified atom stereocenters. The Morgan fingerprint density at radius 1 is 0.864 bits per heavy atom. The maximum atomic E-state index is 12.0. The van der Waals surface area contributed by atoms with Gasteiger partial charge in [0.1, 0.15) is 12.4 Å². The van der Waals surface area contributed by atoms with Gasteiger partial charge in [-0.05, 0) is 56.7 Å². The Balaban J connectivity index is 0.000000447. The van der Waals surface area contributed by atoms with Crippen LogP contribution in [0.15, 0.2) is 18.2 Å². The molecule has 246 valence electrons. The van der Waals surface area contributed by atoms with Gasteiger partial charge in [-0.15, -0.1) is 0 Å². The standard InChI is InChI=1S/C17H23NO6.C14H24N2O4/c1-5-17(2,3)16(22)18-8-9-24-15(21)12-7-6-11(23-4)10-13(12)14(19)20;1-4-14(2,3)12(19)16-13(20)15-10-7-5-9(6-8-10)11(17)18/h6-7,10H,5,8-9H2,1-4H3,(H,18,22)(H,19,20);9-10H,4-8H2,1-3H3,(H,17,18)(H2,15,16,19,20). The van der Waals surface area contributed by atoms with Crippen molar-refractivity contribution in [3.05, 3.63) is 29.3 Å². The Bertz CT molecular complexity index is 1190. The molecule has 13 nitrogen and oxygen atoms in total. The summed E-state index contributed by atoms with van der Waals surface area (Å²) < 4.78 is 9.98. The molecular formula is C31H47N3O10. The van der Waals surface area contributed by atoms with Crippen LogP contribution in [0.1, 0.15) is 101 Å². The first-order valence-corrected chi connectivity index (χ1v) is 14.7. The van der Waals surface area contributed by atoms with Crippen molar-refractivity contribution in [2.45, 2.75) is 86.1 Å². The minimum Gasteiger partial charge on any atom is -0.497 e. The van der Waals surface area contributed by atoms with E-state index in [1.165, 1.54) is 25.3 Å². The quantitative estimate of drug-likeness (QED) is 0.168. The van der Waals surface area contributed by atoms with Gasteiger partial charge in [0.2, 0.25) is 11.8 Å². The van der Waals surface area contributed by atoms with Crippen LogP contribution in [0.2, 0.25) is 0 Å². The van der Waals surface area contributed by atoms with Gasteiger partial charge in [-0.3, -0.25) is 19.7 Å². The van der Waals surface area contributed by atoms with Gasteiger partial charge in [-0.2, -0.15) is 0 Å². The molecule has 1 fully saturated rings. The highest BCUT2D eigenvalue weighted by molar-refractivity contribution is 6.02. The number of benzene rings is 1. The third-order valence-corrected chi connectivity index (χ3v) is 7.93. The number of nitrogens with one attached hydrogen (secondary N) is 3. The number of amides is 4. The monoisotopic (exact) mass is 621 g/mol. The fraction of sp³-hybridized carbons (Fsp3) is 0.613. The summed E-state index contributed by atoms with van der Waals surface area (Å²) in [6, 6.07) is 3.53. The molecule has 5 N–H and O–H groups in total. The lowest BCUT2D eigenvalue weighted by atomic mass is 9.86. The van der Waals surface area contributed by atoms with Gasteiger partial charge in [0, 0.05) is 16.9 Å². The number of carboxylic acids is 2. The van der Waals surface area contributed by atoms with Crippen LogP contribution in [0.3, 0.4) is 0 Å². The SMILES string of the molecule is CCC(C)(C)C(=O)NC(=O)NC1CCC(C(=O)O)CC1.CCC(C)(C)C(=O)NCCOC(=O)c1ccc(OC)cc1C(=O)O. The second kappa shape index (κ2) is 17.2. The molecule has 1 aliphatic carbocycles. The van der Waals surface area contributed by atoms with Crippen LogP contribution in [0.4, 0.5) is 4.79 Å². The van der Waals surface area contributed by atoms with Crippen LogP contribution in [0, 0.1) is 16.7 Å². The molecule has 13 heteroatoms. The highest BCUT2D eigenvalue weighted by atomic mass is 16.5. The van der Waals surface area contributed by atoms with Crippen molar-refractivity contribution < 1.29 is 48.5 Å². The van der Waals surface area contributed by atoms with Crippen LogP contribution in [0.25, 0.3) is 0 Å². The van der Waals surface area contributed by atoms with E-state index >= 15 is 0 Å². The van der Waals surface area contributed by atoms with E-state index in [1.54, 1.807) is 13.8 Å². The van der Waals surface area contributed by atoms with E-state index < -0.39 is 34.8 Å². The summed E-state index contributed by atoms with van der Waals surface area (Å²) in [5, 5.41) is 25.8. The topological polar surface area (TPSA) is 197 Å². The third kappa shape index (κ3) is 11.8. The number of ether oxygens (including phenoxy) is 2. The molecule has 1 saturated carbocycles. The van der Waals surface area contributed by atoms with E-state index in [-0.39, 0.29) is 48.1 Å². The van der Waals surface area contributed by atoms with Gasteiger partial charge in [-0.1, -0.05) is 41.5 Å². The minimum absolute atomic E-state index is 0.0462. The summed E-state index contributed by atoms with van der Waals surface area (Å²) in [6.45, 7) is 11.1. The third-order valence-electron chi connectivity index (χ3n) is 7.93. The van der Waals surface area contributed by atoms with Crippen molar-refractivity contribution in [2.75, 3.05) is 20.3 Å². The number of urea groups is 1. The molecule has 0 aliphatic heterocycles. The van der Waals surface area contributed by atoms with Crippen molar-refractivity contribution in [3.63, 3.8) is 0 Å². The predicted octanol–water partition coefficient (Wildman–Crippen LogP) is 3.99. The Morgan fingerprint density at radius 3 is 1.93 bits per heavy atom.